The number of aliphatic imine (C=N–C) groups is 1. The van der Waals surface area contributed by atoms with Crippen molar-refractivity contribution in [2.45, 2.75) is 27.7 Å². The number of benzene rings is 2. The van der Waals surface area contributed by atoms with E-state index >= 15 is 0 Å². The molecule has 1 aliphatic heterocycles. The van der Waals surface area contributed by atoms with Gasteiger partial charge in [-0.15, -0.1) is 11.3 Å². The molecule has 7 heteroatoms. The summed E-state index contributed by atoms with van der Waals surface area (Å²) in [5.74, 6) is -0.392. The Balaban J connectivity index is 1.64. The molecular formula is C24H21N3O3S. The number of cyclic esters (lactones) is 1. The number of carbonyl (C=O) groups excluding carboxylic acids is 2. The summed E-state index contributed by atoms with van der Waals surface area (Å²) in [6.45, 7) is 7.49. The topological polar surface area (TPSA) is 71.9 Å². The number of esters is 1. The molecule has 0 N–H and O–H groups in total. The van der Waals surface area contributed by atoms with Crippen LogP contribution in [0.4, 0.5) is 10.8 Å². The Hall–Kier alpha value is -3.58. The van der Waals surface area contributed by atoms with E-state index in [0.717, 1.165) is 27.9 Å². The second-order valence-corrected chi connectivity index (χ2v) is 8.22. The van der Waals surface area contributed by atoms with Crippen LogP contribution in [0.15, 0.2) is 58.5 Å². The summed E-state index contributed by atoms with van der Waals surface area (Å²) in [4.78, 5) is 35.1. The molecule has 2 aromatic carbocycles. The molecule has 0 spiro atoms. The van der Waals surface area contributed by atoms with Crippen molar-refractivity contribution in [2.75, 3.05) is 4.90 Å². The highest BCUT2D eigenvalue weighted by atomic mass is 32.1. The van der Waals surface area contributed by atoms with Crippen LogP contribution in [0.2, 0.25) is 0 Å². The Labute approximate surface area is 184 Å². The maximum atomic E-state index is 12.4. The van der Waals surface area contributed by atoms with Crippen LogP contribution in [0, 0.1) is 20.8 Å². The van der Waals surface area contributed by atoms with Gasteiger partial charge in [-0.2, -0.15) is 0 Å². The van der Waals surface area contributed by atoms with Crippen molar-refractivity contribution in [3.63, 3.8) is 0 Å². The zero-order valence-corrected chi connectivity index (χ0v) is 18.5. The van der Waals surface area contributed by atoms with E-state index in [1.165, 1.54) is 18.3 Å². The minimum Gasteiger partial charge on any atom is -0.402 e. The number of carbonyl (C=O) groups is 2. The van der Waals surface area contributed by atoms with Crippen molar-refractivity contribution >= 4 is 46.0 Å². The van der Waals surface area contributed by atoms with E-state index in [1.54, 1.807) is 16.4 Å². The molecule has 31 heavy (non-hydrogen) atoms. The SMILES string of the molecule is CC(=O)N(c1ccc(C)c(C)c1)c1nc(C=C2N=C(c3cccc(C)c3)OC2=O)cs1. The lowest BCUT2D eigenvalue weighted by atomic mass is 10.1. The third kappa shape index (κ3) is 4.32. The molecule has 0 saturated carbocycles. The first kappa shape index (κ1) is 20.7. The second-order valence-electron chi connectivity index (χ2n) is 7.38. The minimum atomic E-state index is -0.524. The van der Waals surface area contributed by atoms with Crippen LogP contribution in [-0.2, 0) is 14.3 Å². The van der Waals surface area contributed by atoms with Gasteiger partial charge in [0, 0.05) is 17.9 Å². The van der Waals surface area contributed by atoms with Gasteiger partial charge < -0.3 is 4.74 Å². The highest BCUT2D eigenvalue weighted by Crippen LogP contribution is 2.31. The van der Waals surface area contributed by atoms with Gasteiger partial charge >= 0.3 is 5.97 Å². The van der Waals surface area contributed by atoms with Gasteiger partial charge in [0.2, 0.25) is 11.8 Å². The fourth-order valence-electron chi connectivity index (χ4n) is 3.19. The van der Waals surface area contributed by atoms with Crippen molar-refractivity contribution < 1.29 is 14.3 Å². The average molecular weight is 432 g/mol. The lowest BCUT2D eigenvalue weighted by Crippen LogP contribution is -2.22. The molecule has 0 saturated heterocycles. The van der Waals surface area contributed by atoms with Crippen LogP contribution in [0.25, 0.3) is 6.08 Å². The van der Waals surface area contributed by atoms with Crippen LogP contribution in [0.5, 0.6) is 0 Å². The van der Waals surface area contributed by atoms with Gasteiger partial charge in [0.05, 0.1) is 11.4 Å². The van der Waals surface area contributed by atoms with E-state index in [2.05, 4.69) is 9.98 Å². The summed E-state index contributed by atoms with van der Waals surface area (Å²) < 4.78 is 5.33. The van der Waals surface area contributed by atoms with E-state index in [4.69, 9.17) is 4.74 Å². The summed E-state index contributed by atoms with van der Waals surface area (Å²) in [6.07, 6.45) is 1.57. The molecule has 1 aliphatic rings. The summed E-state index contributed by atoms with van der Waals surface area (Å²) in [5.41, 5.74) is 5.50. The normalized spacial score (nSPS) is 14.5. The van der Waals surface area contributed by atoms with Gasteiger partial charge in [-0.25, -0.2) is 14.8 Å². The first-order chi connectivity index (χ1) is 14.8. The van der Waals surface area contributed by atoms with Gasteiger partial charge in [0.15, 0.2) is 10.8 Å². The number of hydrogen-bond donors (Lipinski definition) is 0. The van der Waals surface area contributed by atoms with E-state index in [1.807, 2.05) is 63.2 Å². The van der Waals surface area contributed by atoms with E-state index in [-0.39, 0.29) is 17.5 Å². The van der Waals surface area contributed by atoms with Crippen LogP contribution < -0.4 is 4.90 Å². The van der Waals surface area contributed by atoms with Crippen molar-refractivity contribution in [1.29, 1.82) is 0 Å². The molecule has 1 amide bonds. The number of amides is 1. The second kappa shape index (κ2) is 8.28. The molecule has 2 heterocycles. The lowest BCUT2D eigenvalue weighted by Gasteiger charge is -2.19. The fourth-order valence-corrected chi connectivity index (χ4v) is 4.03. The molecule has 0 aliphatic carbocycles. The number of aryl methyl sites for hydroxylation is 3. The van der Waals surface area contributed by atoms with Gasteiger partial charge in [-0.1, -0.05) is 23.8 Å². The highest BCUT2D eigenvalue weighted by molar-refractivity contribution is 7.14. The summed E-state index contributed by atoms with van der Waals surface area (Å²) in [6, 6.07) is 13.4. The molecule has 0 radical (unpaired) electrons. The quantitative estimate of drug-likeness (QED) is 0.426. The van der Waals surface area contributed by atoms with E-state index in [9.17, 15) is 9.59 Å². The fraction of sp³-hybridized carbons (Fsp3) is 0.167. The average Bonchev–Trinajstić information content (AvgIpc) is 3.32. The smallest absolute Gasteiger partial charge is 0.363 e. The van der Waals surface area contributed by atoms with Gasteiger partial charge in [-0.3, -0.25) is 9.69 Å². The maximum Gasteiger partial charge on any atom is 0.363 e. The highest BCUT2D eigenvalue weighted by Gasteiger charge is 2.25. The number of ether oxygens (including phenoxy) is 1. The zero-order chi connectivity index (χ0) is 22.1. The molecule has 156 valence electrons. The largest absolute Gasteiger partial charge is 0.402 e. The van der Waals surface area contributed by atoms with Crippen LogP contribution in [0.1, 0.15) is 34.9 Å². The summed E-state index contributed by atoms with van der Waals surface area (Å²) >= 11 is 1.32. The van der Waals surface area contributed by atoms with Gasteiger partial charge in [-0.05, 0) is 62.2 Å². The Kier molecular flexibility index (Phi) is 5.52. The van der Waals surface area contributed by atoms with Crippen molar-refractivity contribution in [2.24, 2.45) is 4.99 Å². The van der Waals surface area contributed by atoms with Gasteiger partial charge in [0.25, 0.3) is 0 Å². The Morgan fingerprint density at radius 1 is 1.10 bits per heavy atom. The van der Waals surface area contributed by atoms with Crippen LogP contribution in [-0.4, -0.2) is 22.8 Å². The predicted molar refractivity (Wildman–Crippen MR) is 123 cm³/mol. The molecule has 0 fully saturated rings. The summed E-state index contributed by atoms with van der Waals surface area (Å²) in [5, 5.41) is 2.31. The Morgan fingerprint density at radius 2 is 1.90 bits per heavy atom. The van der Waals surface area contributed by atoms with Crippen molar-refractivity contribution in [3.8, 4) is 0 Å². The predicted octanol–water partition coefficient (Wildman–Crippen LogP) is 5.10. The number of aromatic nitrogens is 1. The van der Waals surface area contributed by atoms with Crippen molar-refractivity contribution in [1.82, 2.24) is 4.98 Å². The number of anilines is 2. The van der Waals surface area contributed by atoms with E-state index < -0.39 is 5.97 Å². The minimum absolute atomic E-state index is 0.142. The monoisotopic (exact) mass is 431 g/mol. The molecule has 1 aromatic heterocycles. The Morgan fingerprint density at radius 3 is 2.61 bits per heavy atom. The molecule has 3 aromatic rings. The molecule has 6 nitrogen and oxygen atoms in total. The third-order valence-electron chi connectivity index (χ3n) is 4.93. The molecule has 4 rings (SSSR count). The number of thiazole rings is 1. The first-order valence-corrected chi connectivity index (χ1v) is 10.6. The third-order valence-corrected chi connectivity index (χ3v) is 5.78. The Bertz CT molecular complexity index is 1260. The van der Waals surface area contributed by atoms with Crippen LogP contribution in [0.3, 0.4) is 0 Å². The number of nitrogens with zero attached hydrogens (tertiary/aromatic N) is 3. The molecular weight excluding hydrogens is 410 g/mol. The lowest BCUT2D eigenvalue weighted by molar-refractivity contribution is -0.130. The van der Waals surface area contributed by atoms with Crippen molar-refractivity contribution in [3.05, 3.63) is 81.5 Å². The first-order valence-electron chi connectivity index (χ1n) is 9.75. The summed E-state index contributed by atoms with van der Waals surface area (Å²) in [7, 11) is 0. The molecule has 0 atom stereocenters. The zero-order valence-electron chi connectivity index (χ0n) is 17.7. The number of hydrogen-bond acceptors (Lipinski definition) is 6. The molecule has 0 bridgehead atoms. The molecule has 0 unspecified atom stereocenters. The standard InChI is InChI=1S/C24H21N3O3S/c1-14-6-5-7-18(10-14)22-26-21(23(29)30-22)12-19-13-31-24(25-19)27(17(4)28)20-9-8-15(2)16(3)11-20/h5-13H,1-4H3. The van der Waals surface area contributed by atoms with Gasteiger partial charge in [0.1, 0.15) is 0 Å². The maximum absolute atomic E-state index is 12.4. The number of rotatable bonds is 4. The van der Waals surface area contributed by atoms with E-state index in [0.29, 0.717) is 10.8 Å². The van der Waals surface area contributed by atoms with Crippen LogP contribution >= 0.6 is 11.3 Å².